The second-order valence-electron chi connectivity index (χ2n) is 5.49. The normalized spacial score (nSPS) is 21.6. The average molecular weight is 331 g/mol. The van der Waals surface area contributed by atoms with Gasteiger partial charge in [-0.1, -0.05) is 11.6 Å². The summed E-state index contributed by atoms with van der Waals surface area (Å²) in [6, 6.07) is 1.59. The molecular weight excluding hydrogens is 312 g/mol. The number of halogens is 1. The van der Waals surface area contributed by atoms with Gasteiger partial charge in [0.1, 0.15) is 4.34 Å². The lowest BCUT2D eigenvalue weighted by Gasteiger charge is -2.35. The van der Waals surface area contributed by atoms with E-state index in [-0.39, 0.29) is 11.8 Å². The summed E-state index contributed by atoms with van der Waals surface area (Å²) in [5, 5.41) is 7.52. The molecule has 1 spiro atoms. The number of amides is 2. The minimum absolute atomic E-state index is 0.205. The minimum Gasteiger partial charge on any atom is -0.348 e. The van der Waals surface area contributed by atoms with Crippen LogP contribution in [0.2, 0.25) is 4.34 Å². The van der Waals surface area contributed by atoms with Gasteiger partial charge in [0, 0.05) is 19.4 Å². The van der Waals surface area contributed by atoms with Crippen LogP contribution in [0.1, 0.15) is 25.7 Å². The lowest BCUT2D eigenvalue weighted by Crippen LogP contribution is -2.39. The van der Waals surface area contributed by atoms with E-state index < -0.39 is 0 Å². The number of rotatable bonds is 3. The molecule has 3 rings (SSSR count). The van der Waals surface area contributed by atoms with E-state index in [0.717, 1.165) is 25.7 Å². The Morgan fingerprint density at radius 2 is 2.10 bits per heavy atom. The standard InChI is InChI=1S/C14H19ClN2O3S/c15-12-11(3-8-21-12)17-13(18)16-9-10-1-4-14(5-2-10)19-6-7-20-14/h3,8,10H,1-2,4-7,9H2,(H2,16,17,18). The van der Waals surface area contributed by atoms with E-state index >= 15 is 0 Å². The number of carbonyl (C=O) groups excluding carboxylic acids is 1. The number of hydrogen-bond acceptors (Lipinski definition) is 4. The topological polar surface area (TPSA) is 59.6 Å². The average Bonchev–Trinajstić information content (AvgIpc) is 3.09. The van der Waals surface area contributed by atoms with Gasteiger partial charge in [0.2, 0.25) is 0 Å². The second-order valence-corrected chi connectivity index (χ2v) is 7.01. The summed E-state index contributed by atoms with van der Waals surface area (Å²) in [6.07, 6.45) is 3.85. The van der Waals surface area contributed by atoms with Crippen LogP contribution in [0.3, 0.4) is 0 Å². The third-order valence-corrected chi connectivity index (χ3v) is 5.27. The number of hydrogen-bond donors (Lipinski definition) is 2. The van der Waals surface area contributed by atoms with Crippen LogP contribution in [0.5, 0.6) is 0 Å². The molecule has 2 fully saturated rings. The first-order chi connectivity index (χ1) is 10.2. The molecule has 1 aliphatic carbocycles. The number of urea groups is 1. The fourth-order valence-electron chi connectivity index (χ4n) is 2.89. The second kappa shape index (κ2) is 6.52. The summed E-state index contributed by atoms with van der Waals surface area (Å²) in [5.41, 5.74) is 0.662. The van der Waals surface area contributed by atoms with Gasteiger partial charge in [-0.25, -0.2) is 4.79 Å². The van der Waals surface area contributed by atoms with Crippen molar-refractivity contribution in [2.24, 2.45) is 5.92 Å². The molecule has 0 bridgehead atoms. The van der Waals surface area contributed by atoms with Gasteiger partial charge in [-0.15, -0.1) is 11.3 Å². The molecule has 1 aromatic rings. The Labute approximate surface area is 133 Å². The molecule has 1 aliphatic heterocycles. The largest absolute Gasteiger partial charge is 0.348 e. The van der Waals surface area contributed by atoms with Crippen LogP contribution in [0, 0.1) is 5.92 Å². The number of ether oxygens (including phenoxy) is 2. The van der Waals surface area contributed by atoms with E-state index in [2.05, 4.69) is 10.6 Å². The first kappa shape index (κ1) is 15.1. The molecule has 2 amide bonds. The van der Waals surface area contributed by atoms with E-state index in [4.69, 9.17) is 21.1 Å². The number of anilines is 1. The minimum atomic E-state index is -0.330. The van der Waals surface area contributed by atoms with Crippen LogP contribution in [-0.4, -0.2) is 31.6 Å². The lowest BCUT2D eigenvalue weighted by atomic mass is 9.85. The first-order valence-electron chi connectivity index (χ1n) is 7.23. The zero-order valence-electron chi connectivity index (χ0n) is 11.7. The molecule has 116 valence electrons. The van der Waals surface area contributed by atoms with E-state index in [1.807, 2.05) is 5.38 Å². The molecule has 0 aromatic carbocycles. The van der Waals surface area contributed by atoms with Crippen molar-refractivity contribution in [2.75, 3.05) is 25.1 Å². The highest BCUT2D eigenvalue weighted by molar-refractivity contribution is 7.15. The summed E-state index contributed by atoms with van der Waals surface area (Å²) in [6.45, 7) is 2.07. The molecule has 0 atom stereocenters. The number of carbonyl (C=O) groups is 1. The van der Waals surface area contributed by atoms with Crippen LogP contribution >= 0.6 is 22.9 Å². The Bertz CT molecular complexity index is 492. The Morgan fingerprint density at radius 3 is 2.71 bits per heavy atom. The van der Waals surface area contributed by atoms with Gasteiger partial charge < -0.3 is 20.1 Å². The van der Waals surface area contributed by atoms with Crippen molar-refractivity contribution in [3.8, 4) is 0 Å². The zero-order chi connectivity index (χ0) is 14.7. The molecule has 5 nitrogen and oxygen atoms in total. The smallest absolute Gasteiger partial charge is 0.319 e. The van der Waals surface area contributed by atoms with Gasteiger partial charge in [0.25, 0.3) is 0 Å². The third kappa shape index (κ3) is 3.69. The monoisotopic (exact) mass is 330 g/mol. The molecule has 2 N–H and O–H groups in total. The lowest BCUT2D eigenvalue weighted by molar-refractivity contribution is -0.182. The molecule has 1 saturated carbocycles. The predicted molar refractivity (Wildman–Crippen MR) is 82.9 cm³/mol. The van der Waals surface area contributed by atoms with Crippen LogP contribution in [0.15, 0.2) is 11.4 Å². The van der Waals surface area contributed by atoms with Crippen LogP contribution < -0.4 is 10.6 Å². The highest BCUT2D eigenvalue weighted by atomic mass is 35.5. The molecule has 2 aliphatic rings. The number of nitrogens with one attached hydrogen (secondary N) is 2. The molecule has 0 unspecified atom stereocenters. The summed E-state index contributed by atoms with van der Waals surface area (Å²) < 4.78 is 12.0. The Hall–Kier alpha value is -0.820. The Kier molecular flexibility index (Phi) is 4.69. The first-order valence-corrected chi connectivity index (χ1v) is 8.48. The van der Waals surface area contributed by atoms with Crippen molar-refractivity contribution in [1.82, 2.24) is 5.32 Å². The van der Waals surface area contributed by atoms with Crippen LogP contribution in [0.25, 0.3) is 0 Å². The SMILES string of the molecule is O=C(NCC1CCC2(CC1)OCCO2)Nc1ccsc1Cl. The third-order valence-electron chi connectivity index (χ3n) is 4.10. The van der Waals surface area contributed by atoms with Gasteiger partial charge in [-0.2, -0.15) is 0 Å². The Balaban J connectivity index is 1.40. The fourth-order valence-corrected chi connectivity index (χ4v) is 3.73. The molecule has 7 heteroatoms. The maximum absolute atomic E-state index is 11.8. The Morgan fingerprint density at radius 1 is 1.38 bits per heavy atom. The van der Waals surface area contributed by atoms with E-state index in [0.29, 0.717) is 35.7 Å². The van der Waals surface area contributed by atoms with Crippen LogP contribution in [-0.2, 0) is 9.47 Å². The van der Waals surface area contributed by atoms with Crippen molar-refractivity contribution in [3.63, 3.8) is 0 Å². The van der Waals surface area contributed by atoms with Gasteiger partial charge in [0.05, 0.1) is 18.9 Å². The highest BCUT2D eigenvalue weighted by Crippen LogP contribution is 2.38. The maximum atomic E-state index is 11.8. The van der Waals surface area contributed by atoms with Crippen molar-refractivity contribution in [3.05, 3.63) is 15.8 Å². The number of thiophene rings is 1. The van der Waals surface area contributed by atoms with E-state index in [1.54, 1.807) is 6.07 Å². The summed E-state index contributed by atoms with van der Waals surface area (Å²) in [7, 11) is 0. The van der Waals surface area contributed by atoms with Gasteiger partial charge in [-0.3, -0.25) is 0 Å². The van der Waals surface area contributed by atoms with Crippen molar-refractivity contribution in [1.29, 1.82) is 0 Å². The van der Waals surface area contributed by atoms with Crippen molar-refractivity contribution < 1.29 is 14.3 Å². The fraction of sp³-hybridized carbons (Fsp3) is 0.643. The molecule has 21 heavy (non-hydrogen) atoms. The molecular formula is C14H19ClN2O3S. The maximum Gasteiger partial charge on any atom is 0.319 e. The molecule has 1 saturated heterocycles. The molecule has 0 radical (unpaired) electrons. The van der Waals surface area contributed by atoms with Gasteiger partial charge in [-0.05, 0) is 30.2 Å². The highest BCUT2D eigenvalue weighted by Gasteiger charge is 2.40. The van der Waals surface area contributed by atoms with E-state index in [1.165, 1.54) is 11.3 Å². The summed E-state index contributed by atoms with van der Waals surface area (Å²) in [5.74, 6) is 0.148. The molecule has 1 aromatic heterocycles. The van der Waals surface area contributed by atoms with Gasteiger partial charge in [0.15, 0.2) is 5.79 Å². The summed E-state index contributed by atoms with van der Waals surface area (Å²) in [4.78, 5) is 11.8. The van der Waals surface area contributed by atoms with Crippen molar-refractivity contribution in [2.45, 2.75) is 31.5 Å². The predicted octanol–water partition coefficient (Wildman–Crippen LogP) is 3.46. The van der Waals surface area contributed by atoms with Crippen LogP contribution in [0.4, 0.5) is 10.5 Å². The van der Waals surface area contributed by atoms with Gasteiger partial charge >= 0.3 is 6.03 Å². The quantitative estimate of drug-likeness (QED) is 0.892. The summed E-state index contributed by atoms with van der Waals surface area (Å²) >= 11 is 7.35. The van der Waals surface area contributed by atoms with Crippen molar-refractivity contribution >= 4 is 34.7 Å². The van der Waals surface area contributed by atoms with E-state index in [9.17, 15) is 4.79 Å². The zero-order valence-corrected chi connectivity index (χ0v) is 13.3. The molecule has 2 heterocycles.